The zero-order chi connectivity index (χ0) is 12.8. The molecule has 0 atom stereocenters. The molecule has 0 spiro atoms. The molecule has 1 heterocycles. The van der Waals surface area contributed by atoms with Gasteiger partial charge in [-0.2, -0.15) is 0 Å². The molecule has 0 aromatic heterocycles. The third-order valence-corrected chi connectivity index (χ3v) is 2.80. The number of morpholine rings is 1. The molecule has 0 aliphatic carbocycles. The molecule has 1 aliphatic heterocycles. The maximum absolute atomic E-state index is 13.5. The number of nitrogens with zero attached hydrogens (tertiary/aromatic N) is 1. The number of hydrogen-bond acceptors (Lipinski definition) is 3. The molecule has 0 amide bonds. The van der Waals surface area contributed by atoms with E-state index in [1.807, 2.05) is 6.07 Å². The van der Waals surface area contributed by atoms with Crippen LogP contribution in [0.5, 0.6) is 0 Å². The fourth-order valence-electron chi connectivity index (χ4n) is 1.98. The van der Waals surface area contributed by atoms with Crippen molar-refractivity contribution in [3.8, 4) is 11.8 Å². The van der Waals surface area contributed by atoms with Crippen molar-refractivity contribution in [3.05, 3.63) is 35.1 Å². The van der Waals surface area contributed by atoms with Gasteiger partial charge in [-0.15, -0.1) is 0 Å². The maximum Gasteiger partial charge on any atom is 0.124 e. The van der Waals surface area contributed by atoms with Gasteiger partial charge in [-0.25, -0.2) is 4.39 Å². The monoisotopic (exact) mass is 248 g/mol. The molecule has 0 saturated carbocycles. The largest absolute Gasteiger partial charge is 0.379 e. The van der Waals surface area contributed by atoms with Crippen LogP contribution in [0.25, 0.3) is 0 Å². The Morgan fingerprint density at radius 2 is 2.06 bits per heavy atom. The lowest BCUT2D eigenvalue weighted by Crippen LogP contribution is -2.35. The summed E-state index contributed by atoms with van der Waals surface area (Å²) in [5.41, 5.74) is 6.94. The Kier molecular flexibility index (Phi) is 4.71. The van der Waals surface area contributed by atoms with Crippen LogP contribution < -0.4 is 5.73 Å². The van der Waals surface area contributed by atoms with Crippen molar-refractivity contribution in [1.29, 1.82) is 0 Å². The second-order valence-electron chi connectivity index (χ2n) is 4.24. The molecule has 2 rings (SSSR count). The number of rotatable bonds is 2. The molecule has 18 heavy (non-hydrogen) atoms. The smallest absolute Gasteiger partial charge is 0.124 e. The number of hydrogen-bond donors (Lipinski definition) is 1. The molecular weight excluding hydrogens is 231 g/mol. The zero-order valence-corrected chi connectivity index (χ0v) is 10.3. The highest BCUT2D eigenvalue weighted by Crippen LogP contribution is 2.12. The molecule has 1 aromatic rings. The summed E-state index contributed by atoms with van der Waals surface area (Å²) in [5.74, 6) is 5.36. The van der Waals surface area contributed by atoms with Crippen molar-refractivity contribution in [2.45, 2.75) is 6.54 Å². The number of halogens is 1. The second-order valence-corrected chi connectivity index (χ2v) is 4.24. The summed E-state index contributed by atoms with van der Waals surface area (Å²) < 4.78 is 18.8. The predicted molar refractivity (Wildman–Crippen MR) is 68.4 cm³/mol. The van der Waals surface area contributed by atoms with E-state index in [-0.39, 0.29) is 12.4 Å². The van der Waals surface area contributed by atoms with E-state index in [1.165, 1.54) is 6.07 Å². The average Bonchev–Trinajstić information content (AvgIpc) is 2.37. The van der Waals surface area contributed by atoms with Crippen LogP contribution in [0.3, 0.4) is 0 Å². The Labute approximate surface area is 107 Å². The molecule has 1 aliphatic rings. The Balaban J connectivity index is 2.09. The highest BCUT2D eigenvalue weighted by atomic mass is 19.1. The van der Waals surface area contributed by atoms with Gasteiger partial charge >= 0.3 is 0 Å². The van der Waals surface area contributed by atoms with Crippen molar-refractivity contribution < 1.29 is 9.13 Å². The highest BCUT2D eigenvalue weighted by molar-refractivity contribution is 5.38. The molecule has 0 unspecified atom stereocenters. The fourth-order valence-corrected chi connectivity index (χ4v) is 1.98. The Bertz CT molecular complexity index is 459. The molecule has 0 radical (unpaired) electrons. The van der Waals surface area contributed by atoms with Crippen molar-refractivity contribution >= 4 is 0 Å². The van der Waals surface area contributed by atoms with Gasteiger partial charge in [0.15, 0.2) is 0 Å². The van der Waals surface area contributed by atoms with Crippen molar-refractivity contribution in [2.75, 3.05) is 32.8 Å². The van der Waals surface area contributed by atoms with E-state index in [0.29, 0.717) is 5.56 Å². The van der Waals surface area contributed by atoms with Crippen LogP contribution in [0.4, 0.5) is 4.39 Å². The van der Waals surface area contributed by atoms with Crippen LogP contribution in [-0.2, 0) is 11.3 Å². The van der Waals surface area contributed by atoms with Crippen LogP contribution in [0, 0.1) is 17.7 Å². The molecular formula is C14H17FN2O. The van der Waals surface area contributed by atoms with Crippen LogP contribution in [0.2, 0.25) is 0 Å². The minimum absolute atomic E-state index is 0.248. The molecule has 1 aromatic carbocycles. The topological polar surface area (TPSA) is 38.5 Å². The van der Waals surface area contributed by atoms with Gasteiger partial charge in [0.2, 0.25) is 0 Å². The number of benzene rings is 1. The average molecular weight is 248 g/mol. The van der Waals surface area contributed by atoms with Gasteiger partial charge in [-0.1, -0.05) is 11.8 Å². The molecule has 4 heteroatoms. The van der Waals surface area contributed by atoms with Gasteiger partial charge in [-0.3, -0.25) is 4.90 Å². The Hall–Kier alpha value is -1.41. The highest BCUT2D eigenvalue weighted by Gasteiger charge is 2.11. The molecule has 1 saturated heterocycles. The third-order valence-electron chi connectivity index (χ3n) is 2.80. The SMILES string of the molecule is NCC#Cc1cc(F)cc(CN2CCOCC2)c1. The van der Waals surface area contributed by atoms with E-state index in [0.717, 1.165) is 38.4 Å². The normalized spacial score (nSPS) is 16.1. The van der Waals surface area contributed by atoms with E-state index in [9.17, 15) is 4.39 Å². The van der Waals surface area contributed by atoms with Gasteiger partial charge in [-0.05, 0) is 23.8 Å². The molecule has 3 nitrogen and oxygen atoms in total. The summed E-state index contributed by atoms with van der Waals surface area (Å²) in [7, 11) is 0. The van der Waals surface area contributed by atoms with E-state index in [1.54, 1.807) is 6.07 Å². The third kappa shape index (κ3) is 3.81. The Morgan fingerprint density at radius 3 is 2.78 bits per heavy atom. The van der Waals surface area contributed by atoms with E-state index < -0.39 is 0 Å². The first-order valence-electron chi connectivity index (χ1n) is 6.06. The fraction of sp³-hybridized carbons (Fsp3) is 0.429. The van der Waals surface area contributed by atoms with Gasteiger partial charge in [0.05, 0.1) is 19.8 Å². The predicted octanol–water partition coefficient (Wildman–Crippen LogP) is 0.968. The van der Waals surface area contributed by atoms with Gasteiger partial charge in [0.25, 0.3) is 0 Å². The summed E-state index contributed by atoms with van der Waals surface area (Å²) in [6.45, 7) is 4.29. The lowest BCUT2D eigenvalue weighted by Gasteiger charge is -2.26. The second kappa shape index (κ2) is 6.50. The summed E-state index contributed by atoms with van der Waals surface area (Å²) in [6.07, 6.45) is 0. The Morgan fingerprint density at radius 1 is 1.28 bits per heavy atom. The van der Waals surface area contributed by atoms with E-state index in [2.05, 4.69) is 16.7 Å². The minimum atomic E-state index is -0.248. The first-order chi connectivity index (χ1) is 8.78. The van der Waals surface area contributed by atoms with Crippen molar-refractivity contribution in [3.63, 3.8) is 0 Å². The van der Waals surface area contributed by atoms with Crippen LogP contribution in [-0.4, -0.2) is 37.7 Å². The van der Waals surface area contributed by atoms with E-state index >= 15 is 0 Å². The standard InChI is InChI=1S/C14H17FN2O/c15-14-9-12(2-1-3-16)8-13(10-14)11-17-4-6-18-7-5-17/h8-10H,3-7,11,16H2. The zero-order valence-electron chi connectivity index (χ0n) is 10.3. The molecule has 96 valence electrons. The summed E-state index contributed by atoms with van der Waals surface area (Å²) in [6, 6.07) is 4.91. The molecule has 1 fully saturated rings. The lowest BCUT2D eigenvalue weighted by atomic mass is 10.1. The first-order valence-corrected chi connectivity index (χ1v) is 6.06. The summed E-state index contributed by atoms with van der Waals surface area (Å²) in [5, 5.41) is 0. The molecule has 2 N–H and O–H groups in total. The number of ether oxygens (including phenoxy) is 1. The van der Waals surface area contributed by atoms with E-state index in [4.69, 9.17) is 10.5 Å². The van der Waals surface area contributed by atoms with Gasteiger partial charge in [0, 0.05) is 25.2 Å². The van der Waals surface area contributed by atoms with Gasteiger partial charge in [0.1, 0.15) is 5.82 Å². The van der Waals surface area contributed by atoms with Crippen molar-refractivity contribution in [2.24, 2.45) is 5.73 Å². The number of nitrogens with two attached hydrogens (primary N) is 1. The summed E-state index contributed by atoms with van der Waals surface area (Å²) in [4.78, 5) is 2.25. The van der Waals surface area contributed by atoms with Crippen LogP contribution in [0.15, 0.2) is 18.2 Å². The first kappa shape index (κ1) is 13.0. The minimum Gasteiger partial charge on any atom is -0.379 e. The van der Waals surface area contributed by atoms with Crippen LogP contribution >= 0.6 is 0 Å². The quantitative estimate of drug-likeness (QED) is 0.793. The maximum atomic E-state index is 13.5. The van der Waals surface area contributed by atoms with Crippen molar-refractivity contribution in [1.82, 2.24) is 4.90 Å². The summed E-state index contributed by atoms with van der Waals surface area (Å²) >= 11 is 0. The van der Waals surface area contributed by atoms with Gasteiger partial charge < -0.3 is 10.5 Å². The lowest BCUT2D eigenvalue weighted by molar-refractivity contribution is 0.0341. The molecule has 0 bridgehead atoms. The van der Waals surface area contributed by atoms with Crippen LogP contribution in [0.1, 0.15) is 11.1 Å².